The molecule has 0 aliphatic carbocycles. The van der Waals surface area contributed by atoms with E-state index in [4.69, 9.17) is 14.2 Å². The van der Waals surface area contributed by atoms with Gasteiger partial charge in [0.15, 0.2) is 17.5 Å². The molecule has 0 spiro atoms. The summed E-state index contributed by atoms with van der Waals surface area (Å²) in [5.74, 6) is 1.11. The summed E-state index contributed by atoms with van der Waals surface area (Å²) in [7, 11) is 1.96. The molecule has 2 aromatic rings. The lowest BCUT2D eigenvalue weighted by Crippen LogP contribution is -2.52. The lowest BCUT2D eigenvalue weighted by molar-refractivity contribution is -0.0303. The summed E-state index contributed by atoms with van der Waals surface area (Å²) in [5.41, 5.74) is 0.791. The van der Waals surface area contributed by atoms with Crippen LogP contribution in [-0.2, 0) is 20.8 Å². The molecular weight excluding hydrogens is 549 g/mol. The lowest BCUT2D eigenvalue weighted by atomic mass is 9.89. The molecule has 2 aliphatic heterocycles. The Morgan fingerprint density at radius 2 is 2.00 bits per heavy atom. The van der Waals surface area contributed by atoms with Crippen LogP contribution in [0, 0.1) is 12.7 Å². The van der Waals surface area contributed by atoms with Gasteiger partial charge in [-0.1, -0.05) is 39.1 Å². The topological polar surface area (TPSA) is 118 Å². The van der Waals surface area contributed by atoms with Crippen molar-refractivity contribution in [2.45, 2.75) is 103 Å². The summed E-state index contributed by atoms with van der Waals surface area (Å²) in [6.45, 7) is 9.19. The number of nitrogens with one attached hydrogen (secondary N) is 2. The first-order chi connectivity index (χ1) is 19.8. The molecule has 13 heteroatoms. The van der Waals surface area contributed by atoms with Crippen LogP contribution in [0.1, 0.15) is 77.1 Å². The van der Waals surface area contributed by atoms with Crippen molar-refractivity contribution in [3.05, 3.63) is 23.3 Å². The third-order valence-electron chi connectivity index (χ3n) is 7.66. The highest BCUT2D eigenvalue weighted by molar-refractivity contribution is 7.97. The maximum Gasteiger partial charge on any atom is 0.508 e. The first kappa shape index (κ1) is 31.3. The van der Waals surface area contributed by atoms with Gasteiger partial charge >= 0.3 is 6.16 Å². The number of rotatable bonds is 12. The summed E-state index contributed by atoms with van der Waals surface area (Å²) in [6.07, 6.45) is 5.26. The molecule has 4 rings (SSSR count). The molecule has 11 nitrogen and oxygen atoms in total. The van der Waals surface area contributed by atoms with Crippen LogP contribution in [0.25, 0.3) is 0 Å². The van der Waals surface area contributed by atoms with Crippen LogP contribution in [-0.4, -0.2) is 80.9 Å². The van der Waals surface area contributed by atoms with Crippen LogP contribution in [0.5, 0.6) is 0 Å². The Kier molecular flexibility index (Phi) is 11.5. The van der Waals surface area contributed by atoms with E-state index in [0.29, 0.717) is 49.9 Å². The molecule has 2 aromatic heterocycles. The van der Waals surface area contributed by atoms with Gasteiger partial charge in [-0.3, -0.25) is 5.10 Å². The minimum atomic E-state index is -0.851. The smallest absolute Gasteiger partial charge is 0.431 e. The molecule has 2 aliphatic rings. The van der Waals surface area contributed by atoms with Gasteiger partial charge in [0, 0.05) is 55.5 Å². The number of piperidine rings is 1. The zero-order chi connectivity index (χ0) is 29.4. The highest BCUT2D eigenvalue weighted by Crippen LogP contribution is 2.36. The number of carbonyl (C=O) groups is 1. The fourth-order valence-electron chi connectivity index (χ4n) is 5.51. The van der Waals surface area contributed by atoms with Gasteiger partial charge in [0.1, 0.15) is 18.4 Å². The predicted octanol–water partition coefficient (Wildman–Crippen LogP) is 5.74. The van der Waals surface area contributed by atoms with E-state index in [0.717, 1.165) is 43.6 Å². The van der Waals surface area contributed by atoms with Crippen molar-refractivity contribution < 1.29 is 23.4 Å². The number of halogens is 1. The number of nitrogens with zero attached hydrogens (tertiary/aromatic N) is 5. The fraction of sp³-hybridized carbons (Fsp3) is 0.714. The normalized spacial score (nSPS) is 22.0. The van der Waals surface area contributed by atoms with Gasteiger partial charge in [-0.2, -0.15) is 10.1 Å². The number of aromatic amines is 1. The number of hydrogen-bond acceptors (Lipinski definition) is 11. The van der Waals surface area contributed by atoms with Crippen LogP contribution in [0.15, 0.2) is 6.07 Å². The predicted molar refractivity (Wildman–Crippen MR) is 158 cm³/mol. The zero-order valence-electron chi connectivity index (χ0n) is 24.8. The maximum absolute atomic E-state index is 15.7. The van der Waals surface area contributed by atoms with E-state index in [1.807, 2.05) is 30.8 Å². The SMILES string of the molecule is CCCC1CC(N(C)c2nc(COC(=O)OC3CCOCC3)c(F)c(Nc3cc(C)[nH]n3)n2)CC(CC)N1SCC. The van der Waals surface area contributed by atoms with Gasteiger partial charge in [0.25, 0.3) is 0 Å². The Morgan fingerprint density at radius 3 is 2.66 bits per heavy atom. The number of carbonyl (C=O) groups excluding carboxylic acids is 1. The van der Waals surface area contributed by atoms with E-state index in [-0.39, 0.29) is 30.3 Å². The second kappa shape index (κ2) is 15.0. The van der Waals surface area contributed by atoms with Crippen molar-refractivity contribution in [1.82, 2.24) is 24.5 Å². The average molecular weight is 594 g/mol. The first-order valence-corrected chi connectivity index (χ1v) is 15.7. The first-order valence-electron chi connectivity index (χ1n) is 14.7. The second-order valence-electron chi connectivity index (χ2n) is 10.7. The van der Waals surface area contributed by atoms with Crippen LogP contribution in [0.2, 0.25) is 0 Å². The number of ether oxygens (including phenoxy) is 3. The highest BCUT2D eigenvalue weighted by atomic mass is 32.2. The summed E-state index contributed by atoms with van der Waals surface area (Å²) < 4.78 is 34.3. The molecule has 2 saturated heterocycles. The van der Waals surface area contributed by atoms with Crippen LogP contribution in [0.3, 0.4) is 0 Å². The maximum atomic E-state index is 15.7. The molecule has 3 atom stereocenters. The van der Waals surface area contributed by atoms with Crippen LogP contribution >= 0.6 is 11.9 Å². The van der Waals surface area contributed by atoms with Gasteiger partial charge in [-0.05, 0) is 32.6 Å². The minimum Gasteiger partial charge on any atom is -0.431 e. The molecule has 4 heterocycles. The number of anilines is 3. The van der Waals surface area contributed by atoms with E-state index in [9.17, 15) is 4.79 Å². The Balaban J connectivity index is 1.56. The quantitative estimate of drug-likeness (QED) is 0.232. The number of H-pyrrole nitrogens is 1. The molecule has 0 amide bonds. The van der Waals surface area contributed by atoms with Crippen molar-refractivity contribution in [2.24, 2.45) is 0 Å². The molecule has 0 bridgehead atoms. The molecule has 228 valence electrons. The third kappa shape index (κ3) is 8.23. The molecular formula is C28H44FN7O4S. The van der Waals surface area contributed by atoms with Crippen molar-refractivity contribution in [1.29, 1.82) is 0 Å². The Bertz CT molecular complexity index is 1130. The van der Waals surface area contributed by atoms with Gasteiger partial charge in [0.2, 0.25) is 5.95 Å². The number of hydrogen-bond donors (Lipinski definition) is 2. The van der Waals surface area contributed by atoms with Crippen LogP contribution < -0.4 is 10.2 Å². The lowest BCUT2D eigenvalue weighted by Gasteiger charge is -2.46. The van der Waals surface area contributed by atoms with Gasteiger partial charge in [-0.25, -0.2) is 18.5 Å². The minimum absolute atomic E-state index is 0.0270. The molecule has 0 radical (unpaired) electrons. The average Bonchev–Trinajstić information content (AvgIpc) is 3.38. The molecule has 0 aromatic carbocycles. The van der Waals surface area contributed by atoms with Gasteiger partial charge in [-0.15, -0.1) is 0 Å². The van der Waals surface area contributed by atoms with Gasteiger partial charge < -0.3 is 24.4 Å². The molecule has 2 N–H and O–H groups in total. The summed E-state index contributed by atoms with van der Waals surface area (Å²) >= 11 is 1.92. The van der Waals surface area contributed by atoms with E-state index in [2.05, 4.69) is 50.6 Å². The molecule has 2 fully saturated rings. The molecule has 3 unspecified atom stereocenters. The summed E-state index contributed by atoms with van der Waals surface area (Å²) in [4.78, 5) is 23.6. The van der Waals surface area contributed by atoms with Crippen LogP contribution in [0.4, 0.5) is 26.8 Å². The standard InChI is InChI=1S/C28H44FN7O4S/c1-6-9-20-16-21(15-19(7-2)36(20)41-8-3)35(5)27-30-23(17-39-28(37)40-22-10-12-38-13-11-22)25(29)26(32-27)31-24-14-18(4)33-34-24/h14,19-22H,6-13,15-17H2,1-5H3,(H2,30,31,32,33,34). The van der Waals surface area contributed by atoms with Crippen molar-refractivity contribution in [2.75, 3.05) is 36.2 Å². The Morgan fingerprint density at radius 1 is 1.24 bits per heavy atom. The second-order valence-corrected chi connectivity index (χ2v) is 11.9. The van der Waals surface area contributed by atoms with Crippen molar-refractivity contribution >= 4 is 35.7 Å². The molecule has 0 saturated carbocycles. The fourth-order valence-corrected chi connectivity index (χ4v) is 6.65. The van der Waals surface area contributed by atoms with E-state index in [1.54, 1.807) is 6.07 Å². The van der Waals surface area contributed by atoms with E-state index in [1.165, 1.54) is 0 Å². The Labute approximate surface area is 246 Å². The van der Waals surface area contributed by atoms with Gasteiger partial charge in [0.05, 0.1) is 13.2 Å². The summed E-state index contributed by atoms with van der Waals surface area (Å²) in [5, 5.41) is 9.97. The number of aryl methyl sites for hydroxylation is 1. The largest absolute Gasteiger partial charge is 0.508 e. The zero-order valence-corrected chi connectivity index (χ0v) is 25.6. The van der Waals surface area contributed by atoms with Crippen molar-refractivity contribution in [3.8, 4) is 0 Å². The summed E-state index contributed by atoms with van der Waals surface area (Å²) in [6, 6.07) is 2.78. The molecule has 41 heavy (non-hydrogen) atoms. The Hall–Kier alpha value is -2.64. The highest BCUT2D eigenvalue weighted by Gasteiger charge is 2.37. The van der Waals surface area contributed by atoms with Crippen molar-refractivity contribution in [3.63, 3.8) is 0 Å². The van der Waals surface area contributed by atoms with E-state index < -0.39 is 12.0 Å². The third-order valence-corrected chi connectivity index (χ3v) is 8.81. The monoisotopic (exact) mass is 593 g/mol. The number of aromatic nitrogens is 4. The van der Waals surface area contributed by atoms with E-state index >= 15 is 4.39 Å².